The fourth-order valence-electron chi connectivity index (χ4n) is 2.24. The molecule has 1 amide bonds. The summed E-state index contributed by atoms with van der Waals surface area (Å²) in [5.41, 5.74) is -1.60. The van der Waals surface area contributed by atoms with Crippen LogP contribution < -0.4 is 5.32 Å². The molecule has 1 aliphatic rings. The predicted octanol–water partition coefficient (Wildman–Crippen LogP) is 3.86. The highest BCUT2D eigenvalue weighted by atomic mass is 32.2. The van der Waals surface area contributed by atoms with E-state index in [1.54, 1.807) is 11.8 Å². The van der Waals surface area contributed by atoms with E-state index < -0.39 is 29.0 Å². The Hall–Kier alpha value is -1.24. The highest BCUT2D eigenvalue weighted by molar-refractivity contribution is 8.00. The topological polar surface area (TPSA) is 29.1 Å². The molecule has 0 spiro atoms. The van der Waals surface area contributed by atoms with Crippen LogP contribution in [0.2, 0.25) is 0 Å². The van der Waals surface area contributed by atoms with Crippen LogP contribution in [-0.4, -0.2) is 23.5 Å². The van der Waals surface area contributed by atoms with Crippen molar-refractivity contribution in [2.24, 2.45) is 0 Å². The third-order valence-electron chi connectivity index (χ3n) is 3.81. The lowest BCUT2D eigenvalue weighted by atomic mass is 9.84. The maximum absolute atomic E-state index is 13.6. The van der Waals surface area contributed by atoms with Crippen LogP contribution in [-0.2, 0) is 6.18 Å². The van der Waals surface area contributed by atoms with E-state index in [1.807, 2.05) is 6.26 Å². The number of carbonyl (C=O) groups excluding carboxylic acids is 1. The summed E-state index contributed by atoms with van der Waals surface area (Å²) in [6.45, 7) is 0.336. The van der Waals surface area contributed by atoms with Gasteiger partial charge in [-0.2, -0.15) is 24.9 Å². The van der Waals surface area contributed by atoms with Crippen LogP contribution in [0.3, 0.4) is 0 Å². The summed E-state index contributed by atoms with van der Waals surface area (Å²) in [4.78, 5) is 11.9. The fraction of sp³-hybridized carbons (Fsp3) is 0.500. The van der Waals surface area contributed by atoms with Gasteiger partial charge >= 0.3 is 6.18 Å². The largest absolute Gasteiger partial charge is 0.416 e. The van der Waals surface area contributed by atoms with Crippen LogP contribution in [0.1, 0.15) is 35.2 Å². The second-order valence-corrected chi connectivity index (χ2v) is 6.39. The average Bonchev–Trinajstić information content (AvgIpc) is 2.36. The van der Waals surface area contributed by atoms with Crippen LogP contribution in [0, 0.1) is 5.82 Å². The van der Waals surface area contributed by atoms with Crippen molar-refractivity contribution in [1.29, 1.82) is 0 Å². The number of hydrogen-bond donors (Lipinski definition) is 1. The van der Waals surface area contributed by atoms with Crippen molar-refractivity contribution in [2.75, 3.05) is 12.8 Å². The van der Waals surface area contributed by atoms with Gasteiger partial charge in [-0.05, 0) is 37.3 Å². The Morgan fingerprint density at radius 2 is 2.05 bits per heavy atom. The van der Waals surface area contributed by atoms with E-state index in [2.05, 4.69) is 5.32 Å². The van der Waals surface area contributed by atoms with E-state index in [0.717, 1.165) is 19.3 Å². The molecule has 0 saturated heterocycles. The van der Waals surface area contributed by atoms with Gasteiger partial charge in [0, 0.05) is 11.3 Å². The van der Waals surface area contributed by atoms with Crippen LogP contribution in [0.15, 0.2) is 18.2 Å². The molecule has 0 bridgehead atoms. The number of alkyl halides is 3. The van der Waals surface area contributed by atoms with Crippen molar-refractivity contribution >= 4 is 17.7 Å². The number of nitrogens with one attached hydrogen (secondary N) is 1. The van der Waals surface area contributed by atoms with Crippen molar-refractivity contribution in [2.45, 2.75) is 30.2 Å². The first kappa shape index (κ1) is 16.1. The highest BCUT2D eigenvalue weighted by Crippen LogP contribution is 2.42. The lowest BCUT2D eigenvalue weighted by Gasteiger charge is -2.40. The molecule has 0 radical (unpaired) electrons. The predicted molar refractivity (Wildman–Crippen MR) is 73.8 cm³/mol. The van der Waals surface area contributed by atoms with Crippen molar-refractivity contribution in [1.82, 2.24) is 5.32 Å². The minimum Gasteiger partial charge on any atom is -0.351 e. The molecule has 2 rings (SSSR count). The molecule has 1 aromatic rings. The van der Waals surface area contributed by atoms with Crippen LogP contribution in [0.5, 0.6) is 0 Å². The number of benzene rings is 1. The normalized spacial score (nSPS) is 17.2. The van der Waals surface area contributed by atoms with Gasteiger partial charge in [-0.15, -0.1) is 0 Å². The van der Waals surface area contributed by atoms with Crippen LogP contribution in [0.4, 0.5) is 17.6 Å². The Kier molecular flexibility index (Phi) is 4.51. The number of rotatable bonds is 4. The molecule has 2 nitrogen and oxygen atoms in total. The van der Waals surface area contributed by atoms with E-state index in [1.165, 1.54) is 0 Å². The number of hydrogen-bond acceptors (Lipinski definition) is 2. The molecule has 7 heteroatoms. The Labute approximate surface area is 124 Å². The SMILES string of the molecule is CSC1(CNC(=O)c2cc(C(F)(F)F)ccc2F)CCC1. The van der Waals surface area contributed by atoms with Gasteiger partial charge in [-0.1, -0.05) is 6.42 Å². The lowest BCUT2D eigenvalue weighted by Crippen LogP contribution is -2.45. The van der Waals surface area contributed by atoms with Gasteiger partial charge in [0.1, 0.15) is 5.82 Å². The first-order chi connectivity index (χ1) is 9.77. The zero-order valence-electron chi connectivity index (χ0n) is 11.4. The van der Waals surface area contributed by atoms with Gasteiger partial charge in [0.25, 0.3) is 5.91 Å². The average molecular weight is 321 g/mol. The van der Waals surface area contributed by atoms with Crippen molar-refractivity contribution < 1.29 is 22.4 Å². The smallest absolute Gasteiger partial charge is 0.351 e. The van der Waals surface area contributed by atoms with E-state index in [0.29, 0.717) is 24.7 Å². The first-order valence-corrected chi connectivity index (χ1v) is 7.70. The Bertz CT molecular complexity index is 535. The van der Waals surface area contributed by atoms with E-state index in [-0.39, 0.29) is 4.75 Å². The summed E-state index contributed by atoms with van der Waals surface area (Å²) in [6, 6.07) is 1.85. The molecule has 0 unspecified atom stereocenters. The van der Waals surface area contributed by atoms with Gasteiger partial charge in [-0.25, -0.2) is 4.39 Å². The fourth-order valence-corrected chi connectivity index (χ4v) is 3.15. The molecule has 21 heavy (non-hydrogen) atoms. The summed E-state index contributed by atoms with van der Waals surface area (Å²) in [7, 11) is 0. The standard InChI is InChI=1S/C14H15F4NOS/c1-21-13(5-2-6-13)8-19-12(20)10-7-9(14(16,17)18)3-4-11(10)15/h3-4,7H,2,5-6,8H2,1H3,(H,19,20). The molecule has 1 aliphatic carbocycles. The molecular formula is C14H15F4NOS. The van der Waals surface area contributed by atoms with Gasteiger partial charge in [0.2, 0.25) is 0 Å². The van der Waals surface area contributed by atoms with Crippen molar-refractivity contribution in [3.05, 3.63) is 35.1 Å². The highest BCUT2D eigenvalue weighted by Gasteiger charge is 2.37. The molecular weight excluding hydrogens is 306 g/mol. The Morgan fingerprint density at radius 1 is 1.38 bits per heavy atom. The first-order valence-electron chi connectivity index (χ1n) is 6.47. The zero-order valence-corrected chi connectivity index (χ0v) is 12.2. The monoisotopic (exact) mass is 321 g/mol. The number of amides is 1. The second-order valence-electron chi connectivity index (χ2n) is 5.12. The second kappa shape index (κ2) is 5.87. The molecule has 116 valence electrons. The molecule has 1 N–H and O–H groups in total. The number of halogens is 4. The van der Waals surface area contributed by atoms with Crippen molar-refractivity contribution in [3.8, 4) is 0 Å². The van der Waals surface area contributed by atoms with E-state index in [9.17, 15) is 22.4 Å². The molecule has 0 aromatic heterocycles. The third-order valence-corrected chi connectivity index (χ3v) is 5.23. The maximum atomic E-state index is 13.6. The zero-order chi connectivity index (χ0) is 15.7. The van der Waals surface area contributed by atoms with Crippen molar-refractivity contribution in [3.63, 3.8) is 0 Å². The maximum Gasteiger partial charge on any atom is 0.416 e. The van der Waals surface area contributed by atoms with Gasteiger partial charge in [0.15, 0.2) is 0 Å². The lowest BCUT2D eigenvalue weighted by molar-refractivity contribution is -0.137. The van der Waals surface area contributed by atoms with Gasteiger partial charge < -0.3 is 5.32 Å². The van der Waals surface area contributed by atoms with Crippen LogP contribution in [0.25, 0.3) is 0 Å². The van der Waals surface area contributed by atoms with Crippen LogP contribution >= 0.6 is 11.8 Å². The summed E-state index contributed by atoms with van der Waals surface area (Å²) in [6.07, 6.45) is 0.279. The minimum absolute atomic E-state index is 0.0617. The summed E-state index contributed by atoms with van der Waals surface area (Å²) >= 11 is 1.62. The summed E-state index contributed by atoms with van der Waals surface area (Å²) in [5, 5.41) is 2.55. The molecule has 1 aromatic carbocycles. The van der Waals surface area contributed by atoms with E-state index in [4.69, 9.17) is 0 Å². The minimum atomic E-state index is -4.60. The molecule has 1 saturated carbocycles. The van der Waals surface area contributed by atoms with Gasteiger partial charge in [0.05, 0.1) is 11.1 Å². The quantitative estimate of drug-likeness (QED) is 0.853. The molecule has 0 aliphatic heterocycles. The van der Waals surface area contributed by atoms with Gasteiger partial charge in [-0.3, -0.25) is 4.79 Å². The third kappa shape index (κ3) is 3.51. The molecule has 1 fully saturated rings. The Morgan fingerprint density at radius 3 is 2.52 bits per heavy atom. The molecule has 0 atom stereocenters. The van der Waals surface area contributed by atoms with E-state index >= 15 is 0 Å². The number of carbonyl (C=O) groups is 1. The summed E-state index contributed by atoms with van der Waals surface area (Å²) in [5.74, 6) is -1.76. The number of thioether (sulfide) groups is 1. The Balaban J connectivity index is 2.11. The summed E-state index contributed by atoms with van der Waals surface area (Å²) < 4.78 is 51.3. The molecule has 0 heterocycles.